The molecule has 66 heavy (non-hydrogen) atoms. The molecule has 24 unspecified atom stereocenters. The van der Waals surface area contributed by atoms with Crippen LogP contribution in [-0.2, 0) is 33.3 Å². The van der Waals surface area contributed by atoms with E-state index in [1.54, 1.807) is 0 Å². The number of allylic oxidation sites excluding steroid dienone is 2. The molecule has 2 saturated heterocycles. The lowest BCUT2D eigenvalue weighted by Gasteiger charge is -2.71. The lowest BCUT2D eigenvalue weighted by atomic mass is 9.33. The lowest BCUT2D eigenvalue weighted by molar-refractivity contribution is -0.367. The van der Waals surface area contributed by atoms with Crippen molar-refractivity contribution in [1.29, 1.82) is 0 Å². The van der Waals surface area contributed by atoms with Gasteiger partial charge in [0.25, 0.3) is 0 Å². The lowest BCUT2D eigenvalue weighted by Crippen LogP contribution is -2.67. The van der Waals surface area contributed by atoms with Crippen molar-refractivity contribution in [2.24, 2.45) is 56.2 Å². The maximum absolute atomic E-state index is 14.2. The maximum atomic E-state index is 14.2. The Bertz CT molecular complexity index is 1850. The predicted octanol–water partition coefficient (Wildman–Crippen LogP) is 0.508. The van der Waals surface area contributed by atoms with Crippen molar-refractivity contribution in [2.45, 2.75) is 198 Å². The van der Waals surface area contributed by atoms with Crippen LogP contribution in [0.4, 0.5) is 0 Å². The molecule has 7 fully saturated rings. The van der Waals surface area contributed by atoms with Crippen molar-refractivity contribution >= 4 is 11.9 Å². The van der Waals surface area contributed by atoms with Gasteiger partial charge >= 0.3 is 11.9 Å². The molecule has 0 amide bonds. The molecule has 0 spiro atoms. The average molecular weight is 941 g/mol. The molecular weight excluding hydrogens is 865 g/mol. The Balaban J connectivity index is 1.03. The van der Waals surface area contributed by atoms with Crippen LogP contribution in [0.5, 0.6) is 0 Å². The number of rotatable bonds is 9. The van der Waals surface area contributed by atoms with Crippen LogP contribution in [0.3, 0.4) is 0 Å². The number of aliphatic hydroxyl groups excluding tert-OH is 10. The first kappa shape index (κ1) is 50.5. The summed E-state index contributed by atoms with van der Waals surface area (Å²) in [6.07, 6.45) is -11.7. The Labute approximate surface area is 386 Å². The first-order valence-electron chi connectivity index (χ1n) is 24.2. The summed E-state index contributed by atoms with van der Waals surface area (Å²) >= 11 is 0. The van der Waals surface area contributed by atoms with Gasteiger partial charge in [0, 0.05) is 17.9 Å². The van der Waals surface area contributed by atoms with E-state index in [9.17, 15) is 65.8 Å². The molecule has 6 aliphatic carbocycles. The minimum absolute atomic E-state index is 0.0323. The molecule has 5 saturated carbocycles. The van der Waals surface area contributed by atoms with E-state index in [4.69, 9.17) is 23.7 Å². The van der Waals surface area contributed by atoms with Gasteiger partial charge in [-0.2, -0.15) is 0 Å². The fraction of sp³-hybridized carbons (Fsp3) is 0.917. The summed E-state index contributed by atoms with van der Waals surface area (Å²) in [5.74, 6) is -2.55. The second-order valence-corrected chi connectivity index (χ2v) is 23.3. The molecule has 24 atom stereocenters. The van der Waals surface area contributed by atoms with Gasteiger partial charge < -0.3 is 79.9 Å². The van der Waals surface area contributed by atoms with Gasteiger partial charge in [-0.25, -0.2) is 4.79 Å². The number of hydrogen-bond acceptors (Lipinski definition) is 17. The summed E-state index contributed by atoms with van der Waals surface area (Å²) < 4.78 is 29.8. The third kappa shape index (κ3) is 7.74. The van der Waals surface area contributed by atoms with Gasteiger partial charge in [-0.05, 0) is 117 Å². The highest BCUT2D eigenvalue weighted by molar-refractivity contribution is 5.77. The van der Waals surface area contributed by atoms with Gasteiger partial charge in [-0.1, -0.05) is 46.3 Å². The number of aliphatic carboxylic acids is 1. The fourth-order valence-corrected chi connectivity index (χ4v) is 15.1. The Kier molecular flexibility index (Phi) is 13.6. The van der Waals surface area contributed by atoms with Crippen molar-refractivity contribution in [3.8, 4) is 0 Å². The number of fused-ring (bicyclic) bond motifs is 7. The van der Waals surface area contributed by atoms with Crippen molar-refractivity contribution in [3.05, 3.63) is 11.6 Å². The number of carbonyl (C=O) groups excluding carboxylic acids is 1. The van der Waals surface area contributed by atoms with Gasteiger partial charge in [0.05, 0.1) is 30.8 Å². The Morgan fingerprint density at radius 1 is 0.742 bits per heavy atom. The van der Waals surface area contributed by atoms with Crippen molar-refractivity contribution in [2.75, 3.05) is 19.8 Å². The zero-order chi connectivity index (χ0) is 48.3. The van der Waals surface area contributed by atoms with E-state index in [2.05, 4.69) is 33.8 Å². The predicted molar refractivity (Wildman–Crippen MR) is 229 cm³/mol. The van der Waals surface area contributed by atoms with Crippen LogP contribution in [0, 0.1) is 56.2 Å². The zero-order valence-electron chi connectivity index (χ0n) is 39.1. The van der Waals surface area contributed by atoms with E-state index in [0.29, 0.717) is 25.7 Å². The van der Waals surface area contributed by atoms with Crippen LogP contribution in [0.2, 0.25) is 0 Å². The Hall–Kier alpha value is -1.88. The molecule has 376 valence electrons. The van der Waals surface area contributed by atoms with Gasteiger partial charge in [0.15, 0.2) is 18.7 Å². The topological polar surface area (TPSA) is 303 Å². The quantitative estimate of drug-likeness (QED) is 0.0853. The van der Waals surface area contributed by atoms with Crippen molar-refractivity contribution in [1.82, 2.24) is 0 Å². The highest BCUT2D eigenvalue weighted by Crippen LogP contribution is 2.76. The standard InChI is InChI=1S/C48H76O18/c1-43-13-14-44(2,42(61)63-26-17-22(19-49)30(52)33(55)32(26)54)18-24(43)23-7-8-28-45(3)11-10-29(46(4,21-50)27(45)9-12-48(28,6)47(23,5)16-15-43)64-41-38(35(57)34(56)37(65-41)39(59)60)66-40-36(58)31(53)25(51)20-62-40/h7,22,24-38,40-41,49-58H,8-21H2,1-6H3,(H,59,60). The molecule has 0 aromatic rings. The van der Waals surface area contributed by atoms with Crippen LogP contribution in [0.1, 0.15) is 112 Å². The van der Waals surface area contributed by atoms with E-state index < -0.39 is 128 Å². The van der Waals surface area contributed by atoms with Crippen LogP contribution in [-0.4, -0.2) is 174 Å². The van der Waals surface area contributed by atoms with Crippen molar-refractivity contribution < 1.29 is 89.4 Å². The molecule has 2 heterocycles. The van der Waals surface area contributed by atoms with Gasteiger partial charge in [-0.15, -0.1) is 0 Å². The zero-order valence-corrected chi connectivity index (χ0v) is 39.1. The van der Waals surface area contributed by atoms with Gasteiger partial charge in [-0.3, -0.25) is 4.79 Å². The number of ether oxygens (including phenoxy) is 5. The molecule has 0 radical (unpaired) electrons. The van der Waals surface area contributed by atoms with Gasteiger partial charge in [0.1, 0.15) is 54.9 Å². The number of carbonyl (C=O) groups is 2. The van der Waals surface area contributed by atoms with E-state index in [1.165, 1.54) is 5.57 Å². The first-order valence-corrected chi connectivity index (χ1v) is 24.2. The summed E-state index contributed by atoms with van der Waals surface area (Å²) in [5.41, 5.74) is -1.16. The molecule has 0 bridgehead atoms. The summed E-state index contributed by atoms with van der Waals surface area (Å²) in [7, 11) is 0. The number of carboxylic acid groups (broad SMARTS) is 1. The smallest absolute Gasteiger partial charge is 0.335 e. The largest absolute Gasteiger partial charge is 0.479 e. The van der Waals surface area contributed by atoms with E-state index in [-0.39, 0.29) is 52.4 Å². The summed E-state index contributed by atoms with van der Waals surface area (Å²) in [4.78, 5) is 26.4. The van der Waals surface area contributed by atoms with Crippen LogP contribution >= 0.6 is 0 Å². The Morgan fingerprint density at radius 2 is 1.44 bits per heavy atom. The molecule has 11 N–H and O–H groups in total. The highest BCUT2D eigenvalue weighted by Gasteiger charge is 2.69. The number of hydrogen-bond donors (Lipinski definition) is 11. The molecule has 18 heteroatoms. The van der Waals surface area contributed by atoms with Crippen LogP contribution < -0.4 is 0 Å². The summed E-state index contributed by atoms with van der Waals surface area (Å²) in [5, 5.41) is 116. The molecule has 2 aliphatic heterocycles. The highest BCUT2D eigenvalue weighted by atomic mass is 16.8. The molecule has 8 rings (SSSR count). The van der Waals surface area contributed by atoms with E-state index >= 15 is 0 Å². The molecular formula is C48H76O18. The minimum atomic E-state index is -1.96. The Morgan fingerprint density at radius 3 is 2.11 bits per heavy atom. The second-order valence-electron chi connectivity index (χ2n) is 23.3. The third-order valence-corrected chi connectivity index (χ3v) is 19.8. The van der Waals surface area contributed by atoms with E-state index in [0.717, 1.165) is 38.5 Å². The number of esters is 1. The number of carboxylic acids is 1. The molecule has 0 aromatic carbocycles. The molecule has 0 aromatic heterocycles. The fourth-order valence-electron chi connectivity index (χ4n) is 15.1. The first-order chi connectivity index (χ1) is 30.8. The molecule has 8 aliphatic rings. The monoisotopic (exact) mass is 941 g/mol. The summed E-state index contributed by atoms with van der Waals surface area (Å²) in [6, 6.07) is 0. The molecule has 18 nitrogen and oxygen atoms in total. The number of aliphatic hydroxyl groups is 10. The van der Waals surface area contributed by atoms with Crippen molar-refractivity contribution in [3.63, 3.8) is 0 Å². The average Bonchev–Trinajstić information content (AvgIpc) is 3.27. The van der Waals surface area contributed by atoms with E-state index in [1.807, 2.05) is 13.8 Å². The normalized spacial score (nSPS) is 55.0. The van der Waals surface area contributed by atoms with Gasteiger partial charge in [0.2, 0.25) is 0 Å². The summed E-state index contributed by atoms with van der Waals surface area (Å²) in [6.45, 7) is 12.2. The SMILES string of the molecule is CC1(C(=O)OC2CC(CO)C(O)C(O)C2O)CCC2(C)CCC3(C)C(=CCC4C5(C)CCC(OC6OC(C(=O)O)C(O)C(O)C6OC6OCC(O)C(O)C6O)C(C)(CO)C5CCC43C)C2C1. The van der Waals surface area contributed by atoms with Crippen LogP contribution in [0.15, 0.2) is 11.6 Å². The third-order valence-electron chi connectivity index (χ3n) is 19.8. The minimum Gasteiger partial charge on any atom is -0.479 e. The second kappa shape index (κ2) is 17.8. The maximum Gasteiger partial charge on any atom is 0.335 e. The van der Waals surface area contributed by atoms with Crippen LogP contribution in [0.25, 0.3) is 0 Å².